The molecule has 154 valence electrons. The highest BCUT2D eigenvalue weighted by atomic mass is 16.5. The molecule has 1 saturated heterocycles. The van der Waals surface area contributed by atoms with Crippen LogP contribution in [0.4, 0.5) is 0 Å². The normalized spacial score (nSPS) is 15.6. The molecule has 1 fully saturated rings. The second kappa shape index (κ2) is 16.6. The van der Waals surface area contributed by atoms with Gasteiger partial charge in [-0.05, 0) is 58.2 Å². The molecule has 0 aromatic heterocycles. The maximum atomic E-state index is 12.2. The fourth-order valence-corrected chi connectivity index (χ4v) is 3.69. The zero-order valence-corrected chi connectivity index (χ0v) is 17.8. The van der Waals surface area contributed by atoms with Crippen LogP contribution in [-0.2, 0) is 9.53 Å². The molecule has 0 radical (unpaired) electrons. The molecule has 0 spiro atoms. The molecule has 0 aromatic carbocycles. The van der Waals surface area contributed by atoms with Crippen LogP contribution < -0.4 is 0 Å². The van der Waals surface area contributed by atoms with E-state index in [1.165, 1.54) is 90.1 Å². The van der Waals surface area contributed by atoms with Crippen LogP contribution in [0, 0.1) is 0 Å². The van der Waals surface area contributed by atoms with Crippen LogP contribution in [0.2, 0.25) is 0 Å². The number of likely N-dealkylation sites (tertiary alicyclic amines) is 1. The van der Waals surface area contributed by atoms with E-state index in [-0.39, 0.29) is 12.1 Å². The fraction of sp³-hybridized carbons (Fsp3) is 0.957. The van der Waals surface area contributed by atoms with Crippen molar-refractivity contribution < 1.29 is 9.53 Å². The van der Waals surface area contributed by atoms with Crippen molar-refractivity contribution in [2.24, 2.45) is 0 Å². The van der Waals surface area contributed by atoms with E-state index in [9.17, 15) is 4.79 Å². The first-order chi connectivity index (χ1) is 12.8. The standard InChI is InChI=1S/C23H45NO2/c1-3-5-7-9-11-13-17-22(16-12-10-8-6-4-2)26-23(25)18-14-19-24-20-15-21-24/h22H,3-21H2,1-2H3. The van der Waals surface area contributed by atoms with Gasteiger partial charge in [0, 0.05) is 6.42 Å². The van der Waals surface area contributed by atoms with Gasteiger partial charge in [0.05, 0.1) is 0 Å². The molecular weight excluding hydrogens is 322 g/mol. The van der Waals surface area contributed by atoms with Gasteiger partial charge < -0.3 is 9.64 Å². The van der Waals surface area contributed by atoms with Crippen molar-refractivity contribution in [2.45, 2.75) is 123 Å². The van der Waals surface area contributed by atoms with Gasteiger partial charge in [-0.3, -0.25) is 4.79 Å². The van der Waals surface area contributed by atoms with E-state index < -0.39 is 0 Å². The molecule has 1 aliphatic rings. The Balaban J connectivity index is 2.17. The van der Waals surface area contributed by atoms with Gasteiger partial charge in [0.2, 0.25) is 0 Å². The molecule has 1 unspecified atom stereocenters. The Hall–Kier alpha value is -0.570. The number of carbonyl (C=O) groups is 1. The lowest BCUT2D eigenvalue weighted by atomic mass is 10.0. The fourth-order valence-electron chi connectivity index (χ4n) is 3.69. The summed E-state index contributed by atoms with van der Waals surface area (Å²) in [4.78, 5) is 14.6. The quantitative estimate of drug-likeness (QED) is 0.205. The summed E-state index contributed by atoms with van der Waals surface area (Å²) in [6, 6.07) is 0. The van der Waals surface area contributed by atoms with Crippen molar-refractivity contribution in [1.29, 1.82) is 0 Å². The second-order valence-corrected chi connectivity index (χ2v) is 8.17. The third-order valence-corrected chi connectivity index (χ3v) is 5.61. The van der Waals surface area contributed by atoms with Crippen LogP contribution in [0.5, 0.6) is 0 Å². The third-order valence-electron chi connectivity index (χ3n) is 5.61. The summed E-state index contributed by atoms with van der Waals surface area (Å²) in [7, 11) is 0. The predicted octanol–water partition coefficient (Wildman–Crippen LogP) is 6.50. The van der Waals surface area contributed by atoms with Gasteiger partial charge >= 0.3 is 5.97 Å². The van der Waals surface area contributed by atoms with Gasteiger partial charge in [0.25, 0.3) is 0 Å². The highest BCUT2D eigenvalue weighted by Gasteiger charge is 2.16. The van der Waals surface area contributed by atoms with Gasteiger partial charge in [-0.15, -0.1) is 0 Å². The number of carbonyl (C=O) groups excluding carboxylic acids is 1. The van der Waals surface area contributed by atoms with Crippen molar-refractivity contribution >= 4 is 5.97 Å². The molecule has 3 nitrogen and oxygen atoms in total. The number of esters is 1. The third kappa shape index (κ3) is 12.7. The molecule has 1 rings (SSSR count). The molecule has 3 heteroatoms. The summed E-state index contributed by atoms with van der Waals surface area (Å²) in [6.45, 7) is 8.01. The topological polar surface area (TPSA) is 29.5 Å². The number of ether oxygens (including phenoxy) is 1. The summed E-state index contributed by atoms with van der Waals surface area (Å²) in [6.07, 6.45) is 19.5. The molecule has 1 aliphatic heterocycles. The van der Waals surface area contributed by atoms with Crippen LogP contribution in [-0.4, -0.2) is 36.6 Å². The Kier molecular flexibility index (Phi) is 15.0. The molecule has 26 heavy (non-hydrogen) atoms. The summed E-state index contributed by atoms with van der Waals surface area (Å²) in [5, 5.41) is 0. The summed E-state index contributed by atoms with van der Waals surface area (Å²) >= 11 is 0. The van der Waals surface area contributed by atoms with E-state index in [2.05, 4.69) is 18.7 Å². The molecule has 0 aromatic rings. The van der Waals surface area contributed by atoms with Crippen molar-refractivity contribution in [1.82, 2.24) is 4.90 Å². The summed E-state index contributed by atoms with van der Waals surface area (Å²) in [5.74, 6) is 0.0371. The minimum Gasteiger partial charge on any atom is -0.462 e. The number of rotatable bonds is 18. The lowest BCUT2D eigenvalue weighted by molar-refractivity contribution is -0.150. The Morgan fingerprint density at radius 1 is 0.808 bits per heavy atom. The Morgan fingerprint density at radius 2 is 1.35 bits per heavy atom. The lowest BCUT2D eigenvalue weighted by Crippen LogP contribution is -2.37. The molecule has 0 N–H and O–H groups in total. The van der Waals surface area contributed by atoms with Gasteiger partial charge in [-0.25, -0.2) is 0 Å². The maximum Gasteiger partial charge on any atom is 0.306 e. The van der Waals surface area contributed by atoms with Crippen molar-refractivity contribution in [3.63, 3.8) is 0 Å². The average Bonchev–Trinajstić information content (AvgIpc) is 2.59. The lowest BCUT2D eigenvalue weighted by Gasteiger charge is -2.30. The smallest absolute Gasteiger partial charge is 0.306 e. The minimum atomic E-state index is 0.0371. The van der Waals surface area contributed by atoms with Crippen LogP contribution in [0.1, 0.15) is 117 Å². The summed E-state index contributed by atoms with van der Waals surface area (Å²) < 4.78 is 5.86. The monoisotopic (exact) mass is 367 g/mol. The van der Waals surface area contributed by atoms with Crippen LogP contribution in [0.25, 0.3) is 0 Å². The van der Waals surface area contributed by atoms with E-state index >= 15 is 0 Å². The van der Waals surface area contributed by atoms with Crippen molar-refractivity contribution in [2.75, 3.05) is 19.6 Å². The first kappa shape index (κ1) is 23.5. The van der Waals surface area contributed by atoms with E-state index in [0.717, 1.165) is 25.8 Å². The molecule has 1 heterocycles. The highest BCUT2D eigenvalue weighted by molar-refractivity contribution is 5.69. The van der Waals surface area contributed by atoms with E-state index in [4.69, 9.17) is 4.74 Å². The zero-order valence-electron chi connectivity index (χ0n) is 17.8. The van der Waals surface area contributed by atoms with Crippen molar-refractivity contribution in [3.05, 3.63) is 0 Å². The summed E-state index contributed by atoms with van der Waals surface area (Å²) in [5.41, 5.74) is 0. The average molecular weight is 368 g/mol. The Morgan fingerprint density at radius 3 is 1.85 bits per heavy atom. The van der Waals surface area contributed by atoms with Crippen LogP contribution in [0.15, 0.2) is 0 Å². The van der Waals surface area contributed by atoms with E-state index in [1.807, 2.05) is 0 Å². The van der Waals surface area contributed by atoms with Gasteiger partial charge in [0.15, 0.2) is 0 Å². The first-order valence-corrected chi connectivity index (χ1v) is 11.7. The molecule has 0 amide bonds. The van der Waals surface area contributed by atoms with Crippen LogP contribution >= 0.6 is 0 Å². The van der Waals surface area contributed by atoms with E-state index in [0.29, 0.717) is 6.42 Å². The highest BCUT2D eigenvalue weighted by Crippen LogP contribution is 2.17. The molecule has 0 aliphatic carbocycles. The van der Waals surface area contributed by atoms with E-state index in [1.54, 1.807) is 0 Å². The molecule has 1 atom stereocenters. The SMILES string of the molecule is CCCCCCCCC(CCCCCCC)OC(=O)CCCN1CCC1. The Bertz CT molecular complexity index is 328. The van der Waals surface area contributed by atoms with Gasteiger partial charge in [-0.1, -0.05) is 71.6 Å². The first-order valence-electron chi connectivity index (χ1n) is 11.7. The number of hydrogen-bond donors (Lipinski definition) is 0. The van der Waals surface area contributed by atoms with Gasteiger partial charge in [-0.2, -0.15) is 0 Å². The number of nitrogens with zero attached hydrogens (tertiary/aromatic N) is 1. The second-order valence-electron chi connectivity index (χ2n) is 8.17. The predicted molar refractivity (Wildman–Crippen MR) is 112 cm³/mol. The van der Waals surface area contributed by atoms with Crippen molar-refractivity contribution in [3.8, 4) is 0 Å². The molecule has 0 bridgehead atoms. The zero-order chi connectivity index (χ0) is 18.9. The molecular formula is C23H45NO2. The largest absolute Gasteiger partial charge is 0.462 e. The Labute approximate surface area is 163 Å². The number of hydrogen-bond acceptors (Lipinski definition) is 3. The minimum absolute atomic E-state index is 0.0371. The number of unbranched alkanes of at least 4 members (excludes halogenated alkanes) is 9. The maximum absolute atomic E-state index is 12.2. The van der Waals surface area contributed by atoms with Crippen LogP contribution in [0.3, 0.4) is 0 Å². The van der Waals surface area contributed by atoms with Gasteiger partial charge in [0.1, 0.15) is 6.10 Å². The molecule has 0 saturated carbocycles.